The molecule has 0 amide bonds. The van der Waals surface area contributed by atoms with Crippen LogP contribution in [0.3, 0.4) is 0 Å². The average molecular weight is 191 g/mol. The highest BCUT2D eigenvalue weighted by Crippen LogP contribution is 2.29. The molecule has 0 aliphatic heterocycles. The molecule has 1 nitrogen and oxygen atoms in total. The second-order valence-electron chi connectivity index (χ2n) is 2.86. The largest absolute Gasteiger partial charge is 0.397 e. The van der Waals surface area contributed by atoms with E-state index in [0.29, 0.717) is 5.69 Å². The number of benzene rings is 1. The standard InChI is InChI=1S/C11H13NS/c1-4-8-7(3)6-10(13)11(12)9(8)5-2/h4-6,13H,1-2,12H2,3H3. The number of thiol groups is 1. The monoisotopic (exact) mass is 191 g/mol. The Morgan fingerprint density at radius 2 is 1.85 bits per heavy atom. The molecule has 0 saturated heterocycles. The van der Waals surface area contributed by atoms with Crippen molar-refractivity contribution in [2.24, 2.45) is 0 Å². The molecule has 2 N–H and O–H groups in total. The molecule has 13 heavy (non-hydrogen) atoms. The molecule has 0 aliphatic rings. The lowest BCUT2D eigenvalue weighted by Gasteiger charge is -2.10. The number of hydrogen-bond donors (Lipinski definition) is 2. The Balaban J connectivity index is 3.59. The first-order chi connectivity index (χ1) is 6.11. The topological polar surface area (TPSA) is 26.0 Å². The fourth-order valence-corrected chi connectivity index (χ4v) is 1.66. The van der Waals surface area contributed by atoms with Crippen LogP contribution in [0.25, 0.3) is 12.2 Å². The van der Waals surface area contributed by atoms with Gasteiger partial charge in [0.05, 0.1) is 5.69 Å². The van der Waals surface area contributed by atoms with Gasteiger partial charge < -0.3 is 5.73 Å². The summed E-state index contributed by atoms with van der Waals surface area (Å²) in [6.45, 7) is 9.47. The highest BCUT2D eigenvalue weighted by atomic mass is 32.1. The van der Waals surface area contributed by atoms with Crippen molar-refractivity contribution >= 4 is 30.5 Å². The third-order valence-corrected chi connectivity index (χ3v) is 2.41. The smallest absolute Gasteiger partial charge is 0.0529 e. The van der Waals surface area contributed by atoms with E-state index in [4.69, 9.17) is 5.73 Å². The first kappa shape index (κ1) is 9.93. The molecule has 2 heteroatoms. The van der Waals surface area contributed by atoms with E-state index in [0.717, 1.165) is 21.6 Å². The van der Waals surface area contributed by atoms with Gasteiger partial charge in [-0.15, -0.1) is 12.6 Å². The van der Waals surface area contributed by atoms with Gasteiger partial charge in [-0.3, -0.25) is 0 Å². The van der Waals surface area contributed by atoms with Gasteiger partial charge in [-0.25, -0.2) is 0 Å². The molecule has 0 aromatic heterocycles. The van der Waals surface area contributed by atoms with E-state index in [1.54, 1.807) is 12.2 Å². The predicted molar refractivity (Wildman–Crippen MR) is 63.0 cm³/mol. The van der Waals surface area contributed by atoms with Crippen molar-refractivity contribution in [1.82, 2.24) is 0 Å². The fourth-order valence-electron chi connectivity index (χ4n) is 1.35. The summed E-state index contributed by atoms with van der Waals surface area (Å²) < 4.78 is 0. The minimum atomic E-state index is 0.666. The van der Waals surface area contributed by atoms with E-state index in [1.165, 1.54) is 0 Å². The van der Waals surface area contributed by atoms with Crippen LogP contribution < -0.4 is 5.73 Å². The molecule has 1 aromatic rings. The van der Waals surface area contributed by atoms with Crippen molar-refractivity contribution in [2.45, 2.75) is 11.8 Å². The third-order valence-electron chi connectivity index (χ3n) is 2.04. The molecular weight excluding hydrogens is 178 g/mol. The molecule has 0 saturated carbocycles. The van der Waals surface area contributed by atoms with Crippen LogP contribution in [0.5, 0.6) is 0 Å². The van der Waals surface area contributed by atoms with Crippen LogP contribution >= 0.6 is 12.6 Å². The summed E-state index contributed by atoms with van der Waals surface area (Å²) in [6, 6.07) is 1.93. The van der Waals surface area contributed by atoms with Gasteiger partial charge in [0.1, 0.15) is 0 Å². The summed E-state index contributed by atoms with van der Waals surface area (Å²) in [5, 5.41) is 0. The third kappa shape index (κ3) is 1.63. The molecule has 0 aliphatic carbocycles. The summed E-state index contributed by atoms with van der Waals surface area (Å²) in [6.07, 6.45) is 3.52. The van der Waals surface area contributed by atoms with Crippen molar-refractivity contribution in [3.05, 3.63) is 35.9 Å². The van der Waals surface area contributed by atoms with E-state index in [9.17, 15) is 0 Å². The van der Waals surface area contributed by atoms with Gasteiger partial charge in [0.15, 0.2) is 0 Å². The summed E-state index contributed by atoms with van der Waals surface area (Å²) in [4.78, 5) is 0.790. The van der Waals surface area contributed by atoms with Gasteiger partial charge in [-0.05, 0) is 24.1 Å². The van der Waals surface area contributed by atoms with E-state index in [1.807, 2.05) is 13.0 Å². The highest BCUT2D eigenvalue weighted by molar-refractivity contribution is 7.80. The maximum absolute atomic E-state index is 5.84. The summed E-state index contributed by atoms with van der Waals surface area (Å²) in [5.41, 5.74) is 9.57. The van der Waals surface area contributed by atoms with Crippen LogP contribution in [0.2, 0.25) is 0 Å². The SMILES string of the molecule is C=Cc1c(C)cc(S)c(N)c1C=C. The number of nitrogens with two attached hydrogens (primary N) is 1. The number of hydrogen-bond acceptors (Lipinski definition) is 2. The van der Waals surface area contributed by atoms with Gasteiger partial charge in [-0.1, -0.05) is 25.3 Å². The molecule has 0 unspecified atom stereocenters. The lowest BCUT2D eigenvalue weighted by Crippen LogP contribution is -1.96. The summed E-state index contributed by atoms with van der Waals surface area (Å²) in [7, 11) is 0. The quantitative estimate of drug-likeness (QED) is 0.545. The Labute approximate surface area is 84.4 Å². The Bertz CT molecular complexity index is 367. The van der Waals surface area contributed by atoms with Gasteiger partial charge in [0, 0.05) is 10.5 Å². The molecule has 0 spiro atoms. The zero-order chi connectivity index (χ0) is 10.0. The fraction of sp³-hybridized carbons (Fsp3) is 0.0909. The van der Waals surface area contributed by atoms with Crippen molar-refractivity contribution in [1.29, 1.82) is 0 Å². The van der Waals surface area contributed by atoms with Crippen molar-refractivity contribution < 1.29 is 0 Å². The first-order valence-electron chi connectivity index (χ1n) is 3.98. The van der Waals surface area contributed by atoms with E-state index in [2.05, 4.69) is 25.8 Å². The first-order valence-corrected chi connectivity index (χ1v) is 4.43. The summed E-state index contributed by atoms with van der Waals surface area (Å²) in [5.74, 6) is 0. The number of aryl methyl sites for hydroxylation is 1. The normalized spacial score (nSPS) is 9.69. The van der Waals surface area contributed by atoms with Crippen molar-refractivity contribution in [2.75, 3.05) is 5.73 Å². The second kappa shape index (κ2) is 3.71. The minimum Gasteiger partial charge on any atom is -0.397 e. The molecule has 0 fully saturated rings. The number of rotatable bonds is 2. The Morgan fingerprint density at radius 3 is 2.31 bits per heavy atom. The second-order valence-corrected chi connectivity index (χ2v) is 3.34. The summed E-state index contributed by atoms with van der Waals surface area (Å²) >= 11 is 4.27. The van der Waals surface area contributed by atoms with Crippen LogP contribution in [-0.2, 0) is 0 Å². The van der Waals surface area contributed by atoms with Crippen LogP contribution in [0, 0.1) is 6.92 Å². The van der Waals surface area contributed by atoms with Crippen molar-refractivity contribution in [3.8, 4) is 0 Å². The Kier molecular flexibility index (Phi) is 2.83. The van der Waals surface area contributed by atoms with E-state index in [-0.39, 0.29) is 0 Å². The molecule has 1 aromatic carbocycles. The molecule has 0 bridgehead atoms. The minimum absolute atomic E-state index is 0.666. The zero-order valence-corrected chi connectivity index (χ0v) is 8.57. The molecule has 0 radical (unpaired) electrons. The Morgan fingerprint density at radius 1 is 1.31 bits per heavy atom. The van der Waals surface area contributed by atoms with Gasteiger partial charge in [-0.2, -0.15) is 0 Å². The van der Waals surface area contributed by atoms with Crippen LogP contribution in [0.15, 0.2) is 24.1 Å². The molecule has 1 rings (SSSR count). The lowest BCUT2D eigenvalue weighted by atomic mass is 10.00. The van der Waals surface area contributed by atoms with E-state index >= 15 is 0 Å². The molecular formula is C11H13NS. The highest BCUT2D eigenvalue weighted by Gasteiger charge is 2.06. The number of anilines is 1. The van der Waals surface area contributed by atoms with Crippen LogP contribution in [0.4, 0.5) is 5.69 Å². The van der Waals surface area contributed by atoms with Crippen LogP contribution in [0.1, 0.15) is 16.7 Å². The lowest BCUT2D eigenvalue weighted by molar-refractivity contribution is 1.34. The molecule has 0 heterocycles. The maximum Gasteiger partial charge on any atom is 0.0529 e. The van der Waals surface area contributed by atoms with Gasteiger partial charge in [0.25, 0.3) is 0 Å². The van der Waals surface area contributed by atoms with Crippen LogP contribution in [-0.4, -0.2) is 0 Å². The Hall–Kier alpha value is -1.15. The van der Waals surface area contributed by atoms with Gasteiger partial charge in [0.2, 0.25) is 0 Å². The average Bonchev–Trinajstić information content (AvgIpc) is 2.10. The number of nitrogen functional groups attached to an aromatic ring is 1. The maximum atomic E-state index is 5.84. The predicted octanol–water partition coefficient (Wildman–Crippen LogP) is 3.15. The molecule has 68 valence electrons. The zero-order valence-electron chi connectivity index (χ0n) is 7.67. The molecule has 0 atom stereocenters. The van der Waals surface area contributed by atoms with Crippen molar-refractivity contribution in [3.63, 3.8) is 0 Å². The van der Waals surface area contributed by atoms with E-state index < -0.39 is 0 Å². The van der Waals surface area contributed by atoms with Gasteiger partial charge >= 0.3 is 0 Å².